The molecule has 99 heavy (non-hydrogen) atoms. The van der Waals surface area contributed by atoms with Crippen molar-refractivity contribution in [2.24, 2.45) is 33.8 Å². The Balaban J connectivity index is 1.28. The van der Waals surface area contributed by atoms with Crippen LogP contribution < -0.4 is 76.1 Å². The van der Waals surface area contributed by atoms with Crippen molar-refractivity contribution >= 4 is 93.7 Å². The third kappa shape index (κ3) is 23.8. The fraction of sp³-hybridized carbons (Fsp3) is 0.500. The van der Waals surface area contributed by atoms with Crippen molar-refractivity contribution in [3.8, 4) is 5.75 Å². The SMILES string of the molecule is CC(C)[C@H](NC(=O)[C@H](Cc1ccc(O)cc1)NC(=O)[C@H](CC(N)=O)NC(=O)[C@@H](NC(=O)[C@H](CO)NC(=O)[C@H](C)NC(=O)[C@@H](NC(=O)[C@H](Cc1c[nH]c2ccccc12)NC(=O)[C@H](Cc1cnc[nH]1)NC(=O)CN)[C@@H](C)O)[C@@H](C)O)C(=O)N[C@@H](CCCN=C(N)N)C(=O)N1CCC[C@H]1C(=O)O. The Morgan fingerprint density at radius 1 is 0.626 bits per heavy atom. The van der Waals surface area contributed by atoms with Gasteiger partial charge in [-0.25, -0.2) is 9.78 Å². The molecule has 12 amide bonds. The number of para-hydroxylation sites is 1. The van der Waals surface area contributed by atoms with Gasteiger partial charge in [0.1, 0.15) is 72.2 Å². The number of benzene rings is 2. The standard InChI is InChI=1S/C62H89N19O18/c1-29(2)48(57(94)73-39(12-8-18-68-62(65)66)60(97)81-19-9-13-45(81)61(98)99)78-54(91)40(20-33-14-16-36(85)17-15-33)74-53(90)43(23-46(64)86)76-59(96)50(32(5)84)80-56(93)44(27-82)77-51(88)30(3)71-58(95)49(31(4)83)79-55(92)41(21-34-25-69-38-11-7-6-10-37(34)38)75-52(89)42(72-47(87)24-63)22-35-26-67-28-70-35/h6-7,10-11,14-17,25-26,28-32,39-45,48-50,69,82-85H,8-9,12-13,18-24,27,63H2,1-5H3,(H2,64,86)(H,67,70)(H,71,95)(H,72,87)(H,73,94)(H,74,90)(H,75,89)(H,76,96)(H,77,88)(H,78,91)(H,79,92)(H,80,93)(H,98,99)(H4,65,66,68)/t30-,31+,32+,39-,40-,41-,42-,43-,44-,45-,48-,49-,50-/m0/s1. The van der Waals surface area contributed by atoms with Crippen molar-refractivity contribution in [3.63, 3.8) is 0 Å². The average molecular weight is 1390 g/mol. The molecule has 1 saturated heterocycles. The van der Waals surface area contributed by atoms with E-state index in [0.717, 1.165) is 25.7 Å². The maximum Gasteiger partial charge on any atom is 0.326 e. The van der Waals surface area contributed by atoms with Gasteiger partial charge in [0.05, 0.1) is 38.1 Å². The Bertz CT molecular complexity index is 3520. The lowest BCUT2D eigenvalue weighted by atomic mass is 9.99. The van der Waals surface area contributed by atoms with E-state index in [4.69, 9.17) is 22.9 Å². The fourth-order valence-electron chi connectivity index (χ4n) is 10.6. The van der Waals surface area contributed by atoms with Crippen molar-refractivity contribution in [2.45, 2.75) is 165 Å². The van der Waals surface area contributed by atoms with E-state index < -0.39 is 181 Å². The second-order valence-corrected chi connectivity index (χ2v) is 24.1. The number of hydrogen-bond donors (Lipinski definition) is 21. The number of imidazole rings is 1. The molecule has 25 N–H and O–H groups in total. The largest absolute Gasteiger partial charge is 0.508 e. The Labute approximate surface area is 567 Å². The molecule has 5 rings (SSSR count). The first-order valence-corrected chi connectivity index (χ1v) is 31.7. The lowest BCUT2D eigenvalue weighted by Crippen LogP contribution is -2.63. The van der Waals surface area contributed by atoms with Crippen LogP contribution in [0.5, 0.6) is 5.75 Å². The molecule has 13 atom stereocenters. The van der Waals surface area contributed by atoms with Crippen LogP contribution in [0.1, 0.15) is 83.5 Å². The van der Waals surface area contributed by atoms with Gasteiger partial charge in [-0.3, -0.25) is 62.5 Å². The molecule has 0 unspecified atom stereocenters. The number of phenols is 1. The van der Waals surface area contributed by atoms with Crippen LogP contribution in [0.15, 0.2) is 72.2 Å². The zero-order chi connectivity index (χ0) is 73.4. The zero-order valence-electron chi connectivity index (χ0n) is 55.1. The molecular weight excluding hydrogens is 1300 g/mol. The number of aliphatic imine (C=N–C) groups is 1. The predicted octanol–water partition coefficient (Wildman–Crippen LogP) is -7.13. The third-order valence-corrected chi connectivity index (χ3v) is 15.9. The van der Waals surface area contributed by atoms with Crippen LogP contribution in [0, 0.1) is 5.92 Å². The van der Waals surface area contributed by atoms with E-state index >= 15 is 0 Å². The number of H-pyrrole nitrogens is 2. The molecule has 1 fully saturated rings. The van der Waals surface area contributed by atoms with Crippen LogP contribution in [0.2, 0.25) is 0 Å². The topological polar surface area (TPSA) is 608 Å². The number of phenolic OH excluding ortho intramolecular Hbond substituents is 1. The molecule has 0 aliphatic carbocycles. The number of carbonyl (C=O) groups excluding carboxylic acids is 12. The van der Waals surface area contributed by atoms with Gasteiger partial charge in [0.2, 0.25) is 70.9 Å². The maximum absolute atomic E-state index is 14.4. The summed E-state index contributed by atoms with van der Waals surface area (Å²) in [5.41, 5.74) is 23.9. The number of hydrogen-bond acceptors (Lipinski definition) is 20. The predicted molar refractivity (Wildman–Crippen MR) is 352 cm³/mol. The van der Waals surface area contributed by atoms with E-state index in [0.29, 0.717) is 34.1 Å². The van der Waals surface area contributed by atoms with E-state index in [-0.39, 0.29) is 63.3 Å². The average Bonchev–Trinajstić information content (AvgIpc) is 1.77. The van der Waals surface area contributed by atoms with Gasteiger partial charge in [-0.2, -0.15) is 0 Å². The molecule has 2 aromatic carbocycles. The summed E-state index contributed by atoms with van der Waals surface area (Å²) < 4.78 is 0. The van der Waals surface area contributed by atoms with Gasteiger partial charge in [0, 0.05) is 61.3 Å². The highest BCUT2D eigenvalue weighted by Gasteiger charge is 2.41. The van der Waals surface area contributed by atoms with E-state index in [9.17, 15) is 87.9 Å². The Morgan fingerprint density at radius 2 is 1.16 bits per heavy atom. The van der Waals surface area contributed by atoms with Crippen LogP contribution in [0.25, 0.3) is 10.9 Å². The molecule has 0 saturated carbocycles. The van der Waals surface area contributed by atoms with E-state index in [1.807, 2.05) is 0 Å². The molecule has 3 heterocycles. The molecule has 0 bridgehead atoms. The number of fused-ring (bicyclic) bond motifs is 1. The highest BCUT2D eigenvalue weighted by Crippen LogP contribution is 2.22. The molecule has 37 heteroatoms. The van der Waals surface area contributed by atoms with Crippen molar-refractivity contribution < 1.29 is 87.9 Å². The number of likely N-dealkylation sites (tertiary alicyclic amines) is 1. The smallest absolute Gasteiger partial charge is 0.326 e. The van der Waals surface area contributed by atoms with E-state index in [2.05, 4.69) is 73.1 Å². The summed E-state index contributed by atoms with van der Waals surface area (Å²) in [6.45, 7) is 4.86. The number of carbonyl (C=O) groups is 13. The van der Waals surface area contributed by atoms with Crippen molar-refractivity contribution in [3.05, 3.63) is 84.1 Å². The monoisotopic (exact) mass is 1390 g/mol. The molecule has 4 aromatic rings. The number of aromatic nitrogens is 3. The number of aliphatic hydroxyl groups is 3. The highest BCUT2D eigenvalue weighted by atomic mass is 16.4. The normalized spacial score (nSPS) is 16.4. The first-order valence-electron chi connectivity index (χ1n) is 31.7. The number of primary amides is 1. The van der Waals surface area contributed by atoms with Crippen molar-refractivity contribution in [1.82, 2.24) is 73.0 Å². The lowest BCUT2D eigenvalue weighted by Gasteiger charge is -2.30. The Hall–Kier alpha value is -10.8. The molecule has 0 spiro atoms. The van der Waals surface area contributed by atoms with Crippen LogP contribution >= 0.6 is 0 Å². The molecular formula is C62H89N19O18. The van der Waals surface area contributed by atoms with E-state index in [1.165, 1.54) is 36.8 Å². The second-order valence-electron chi connectivity index (χ2n) is 24.1. The Morgan fingerprint density at radius 3 is 1.73 bits per heavy atom. The Kier molecular flexibility index (Phi) is 30.0. The number of amides is 12. The van der Waals surface area contributed by atoms with Crippen LogP contribution in [0.4, 0.5) is 0 Å². The molecule has 0 radical (unpaired) electrons. The maximum atomic E-state index is 14.4. The zero-order valence-corrected chi connectivity index (χ0v) is 55.1. The summed E-state index contributed by atoms with van der Waals surface area (Å²) in [7, 11) is 0. The first kappa shape index (κ1) is 78.9. The van der Waals surface area contributed by atoms with Gasteiger partial charge in [0.25, 0.3) is 0 Å². The summed E-state index contributed by atoms with van der Waals surface area (Å²) in [6, 6.07) is -5.43. The number of nitrogens with one attached hydrogen (secondary N) is 12. The number of aliphatic carboxylic acids is 1. The van der Waals surface area contributed by atoms with Crippen LogP contribution in [-0.4, -0.2) is 233 Å². The number of aliphatic hydroxyl groups excluding tert-OH is 3. The molecule has 1 aliphatic rings. The fourth-order valence-corrected chi connectivity index (χ4v) is 10.6. The number of nitrogens with zero attached hydrogens (tertiary/aromatic N) is 3. The number of carboxylic acids is 1. The first-order chi connectivity index (χ1) is 46.8. The number of nitrogens with two attached hydrogens (primary N) is 4. The second kappa shape index (κ2) is 37.6. The van der Waals surface area contributed by atoms with Gasteiger partial charge in [-0.1, -0.05) is 44.2 Å². The molecule has 2 aromatic heterocycles. The summed E-state index contributed by atoms with van der Waals surface area (Å²) in [6.07, 6.45) is -0.164. The van der Waals surface area contributed by atoms with Crippen molar-refractivity contribution in [1.29, 1.82) is 0 Å². The minimum absolute atomic E-state index is 0.0378. The summed E-state index contributed by atoms with van der Waals surface area (Å²) in [5.74, 6) is -15.0. The molecule has 540 valence electrons. The van der Waals surface area contributed by atoms with E-state index in [1.54, 1.807) is 44.3 Å². The highest BCUT2D eigenvalue weighted by molar-refractivity contribution is 6.00. The molecule has 1 aliphatic heterocycles. The summed E-state index contributed by atoms with van der Waals surface area (Å²) in [5, 5.41) is 76.6. The van der Waals surface area contributed by atoms with Gasteiger partial charge >= 0.3 is 5.97 Å². The number of carboxylic acid groups (broad SMARTS) is 1. The number of aromatic amines is 2. The van der Waals surface area contributed by atoms with Gasteiger partial charge in [0.15, 0.2) is 5.96 Å². The summed E-state index contributed by atoms with van der Waals surface area (Å²) >= 11 is 0. The number of guanidine groups is 1. The minimum Gasteiger partial charge on any atom is -0.508 e. The number of aromatic hydroxyl groups is 1. The lowest BCUT2D eigenvalue weighted by molar-refractivity contribution is -0.149. The van der Waals surface area contributed by atoms with Gasteiger partial charge in [-0.05, 0) is 81.7 Å². The quantitative estimate of drug-likeness (QED) is 0.0113. The van der Waals surface area contributed by atoms with Gasteiger partial charge < -0.3 is 117 Å². The molecule has 37 nitrogen and oxygen atoms in total. The number of rotatable bonds is 38. The minimum atomic E-state index is -2.04. The summed E-state index contributed by atoms with van der Waals surface area (Å²) in [4.78, 5) is 192. The van der Waals surface area contributed by atoms with Crippen molar-refractivity contribution in [2.75, 3.05) is 26.2 Å². The third-order valence-electron chi connectivity index (χ3n) is 15.9. The van der Waals surface area contributed by atoms with Gasteiger partial charge in [-0.15, -0.1) is 0 Å². The van der Waals surface area contributed by atoms with Crippen LogP contribution in [0.3, 0.4) is 0 Å². The van der Waals surface area contributed by atoms with Crippen LogP contribution in [-0.2, 0) is 81.6 Å².